The van der Waals surface area contributed by atoms with E-state index in [0.29, 0.717) is 0 Å². The Kier molecular flexibility index (Phi) is 13.5. The van der Waals surface area contributed by atoms with E-state index in [0.717, 1.165) is 0 Å². The fraction of sp³-hybridized carbons (Fsp3) is 0.317. The molecule has 56 heavy (non-hydrogen) atoms. The van der Waals surface area contributed by atoms with E-state index < -0.39 is 98.5 Å². The van der Waals surface area contributed by atoms with Crippen LogP contribution in [0.3, 0.4) is 0 Å². The van der Waals surface area contributed by atoms with E-state index in [-0.39, 0.29) is 22.3 Å². The summed E-state index contributed by atoms with van der Waals surface area (Å²) in [6.07, 6.45) is -16.3. The second-order valence-corrected chi connectivity index (χ2v) is 12.8. The number of benzene rings is 4. The summed E-state index contributed by atoms with van der Waals surface area (Å²) in [7, 11) is 1.22. The molecule has 0 bridgehead atoms. The Balaban J connectivity index is 1.44. The van der Waals surface area contributed by atoms with Gasteiger partial charge in [0.2, 0.25) is 0 Å². The molecule has 0 radical (unpaired) electrons. The minimum absolute atomic E-state index is 0.0714. The summed E-state index contributed by atoms with van der Waals surface area (Å²) >= 11 is 0. The first kappa shape index (κ1) is 40.2. The van der Waals surface area contributed by atoms with Crippen LogP contribution in [-0.4, -0.2) is 121 Å². The highest BCUT2D eigenvalue weighted by Gasteiger charge is 2.56. The number of rotatable bonds is 13. The number of aliphatic hydroxyl groups excluding tert-OH is 3. The Bertz CT molecular complexity index is 1880. The van der Waals surface area contributed by atoms with Crippen LogP contribution in [0.4, 0.5) is 0 Å². The molecule has 2 fully saturated rings. The third kappa shape index (κ3) is 9.46. The molecule has 0 amide bonds. The van der Waals surface area contributed by atoms with Gasteiger partial charge in [-0.2, -0.15) is 0 Å². The average molecular weight is 773 g/mol. The first-order valence-electron chi connectivity index (χ1n) is 17.6. The molecular weight excluding hydrogens is 732 g/mol. The maximum atomic E-state index is 13.8. The number of ether oxygens (including phenoxy) is 8. The largest absolute Gasteiger partial charge is 0.459 e. The van der Waals surface area contributed by atoms with E-state index in [1.807, 2.05) is 0 Å². The fourth-order valence-corrected chi connectivity index (χ4v) is 6.20. The Hall–Kier alpha value is -5.52. The van der Waals surface area contributed by atoms with Crippen LogP contribution in [0, 0.1) is 0 Å². The van der Waals surface area contributed by atoms with Crippen LogP contribution < -0.4 is 0 Å². The summed E-state index contributed by atoms with van der Waals surface area (Å²) in [4.78, 5) is 54.5. The summed E-state index contributed by atoms with van der Waals surface area (Å²) < 4.78 is 46.9. The molecule has 0 aliphatic carbocycles. The van der Waals surface area contributed by atoms with Crippen molar-refractivity contribution in [3.05, 3.63) is 144 Å². The molecule has 0 aromatic heterocycles. The van der Waals surface area contributed by atoms with Crippen LogP contribution in [0.15, 0.2) is 121 Å². The molecule has 0 unspecified atom stereocenters. The first-order chi connectivity index (χ1) is 27.2. The Morgan fingerprint density at radius 3 is 1.38 bits per heavy atom. The smallest absolute Gasteiger partial charge is 0.338 e. The second-order valence-electron chi connectivity index (χ2n) is 12.8. The molecular formula is C41H40O15. The van der Waals surface area contributed by atoms with Gasteiger partial charge < -0.3 is 53.2 Å². The number of carbonyl (C=O) groups is 4. The molecule has 2 saturated heterocycles. The molecule has 4 aromatic rings. The predicted molar refractivity (Wildman–Crippen MR) is 192 cm³/mol. The summed E-state index contributed by atoms with van der Waals surface area (Å²) in [5, 5.41) is 32.4. The Labute approximate surface area is 321 Å². The first-order valence-corrected chi connectivity index (χ1v) is 17.6. The number of hydrogen-bond acceptors (Lipinski definition) is 15. The normalized spacial score (nSPS) is 27.4. The van der Waals surface area contributed by atoms with Crippen molar-refractivity contribution in [2.24, 2.45) is 0 Å². The highest BCUT2D eigenvalue weighted by atomic mass is 16.8. The number of esters is 4. The molecule has 2 aliphatic heterocycles. The van der Waals surface area contributed by atoms with Gasteiger partial charge in [0, 0.05) is 7.11 Å². The maximum Gasteiger partial charge on any atom is 0.338 e. The zero-order valence-corrected chi connectivity index (χ0v) is 30.0. The SMILES string of the molecule is CO[C@@H]1O[C@H](CO)[C@H](O)[C@H](O[C@@H]2O[C@H](COC(=O)c3ccccc3)[C@@H](OC(=O)c3ccccc3)[C@H](OC(=O)c3ccccc3)[C@H]2OC(=O)c2ccccc2)[C@H]1O. The van der Waals surface area contributed by atoms with Gasteiger partial charge in [0.1, 0.15) is 37.1 Å². The molecule has 0 saturated carbocycles. The van der Waals surface area contributed by atoms with Gasteiger partial charge in [0.25, 0.3) is 0 Å². The lowest BCUT2D eigenvalue weighted by Gasteiger charge is -2.47. The Morgan fingerprint density at radius 2 is 0.929 bits per heavy atom. The molecule has 15 nitrogen and oxygen atoms in total. The second kappa shape index (κ2) is 18.9. The van der Waals surface area contributed by atoms with Crippen molar-refractivity contribution in [3.8, 4) is 0 Å². The number of methoxy groups -OCH3 is 1. The number of carbonyl (C=O) groups excluding carboxylic acids is 4. The van der Waals surface area contributed by atoms with Crippen molar-refractivity contribution >= 4 is 23.9 Å². The van der Waals surface area contributed by atoms with Crippen LogP contribution in [0.1, 0.15) is 41.4 Å². The van der Waals surface area contributed by atoms with Gasteiger partial charge in [0.05, 0.1) is 28.9 Å². The van der Waals surface area contributed by atoms with E-state index in [4.69, 9.17) is 37.9 Å². The van der Waals surface area contributed by atoms with Crippen molar-refractivity contribution in [1.29, 1.82) is 0 Å². The van der Waals surface area contributed by atoms with Gasteiger partial charge in [-0.05, 0) is 48.5 Å². The van der Waals surface area contributed by atoms with Gasteiger partial charge in [-0.3, -0.25) is 0 Å². The van der Waals surface area contributed by atoms with Crippen molar-refractivity contribution in [1.82, 2.24) is 0 Å². The number of aliphatic hydroxyl groups is 3. The minimum Gasteiger partial charge on any atom is -0.459 e. The summed E-state index contributed by atoms with van der Waals surface area (Å²) in [6, 6.07) is 31.5. The highest BCUT2D eigenvalue weighted by molar-refractivity contribution is 5.91. The molecule has 2 aliphatic rings. The van der Waals surface area contributed by atoms with E-state index in [2.05, 4.69) is 0 Å². The minimum atomic E-state index is -1.84. The van der Waals surface area contributed by atoms with Crippen molar-refractivity contribution in [2.45, 2.75) is 61.4 Å². The molecule has 15 heteroatoms. The quantitative estimate of drug-likeness (QED) is 0.132. The molecule has 4 aromatic carbocycles. The van der Waals surface area contributed by atoms with Crippen LogP contribution in [0.25, 0.3) is 0 Å². The topological polar surface area (TPSA) is 203 Å². The van der Waals surface area contributed by atoms with Crippen molar-refractivity contribution in [3.63, 3.8) is 0 Å². The van der Waals surface area contributed by atoms with Crippen LogP contribution in [0.2, 0.25) is 0 Å². The molecule has 3 N–H and O–H groups in total. The lowest BCUT2D eigenvalue weighted by Crippen LogP contribution is -2.66. The summed E-state index contributed by atoms with van der Waals surface area (Å²) in [5.74, 6) is -3.54. The van der Waals surface area contributed by atoms with E-state index in [1.54, 1.807) is 72.8 Å². The number of hydrogen-bond donors (Lipinski definition) is 3. The average Bonchev–Trinajstić information content (AvgIpc) is 3.24. The van der Waals surface area contributed by atoms with Gasteiger partial charge in [0.15, 0.2) is 30.9 Å². The summed E-state index contributed by atoms with van der Waals surface area (Å²) in [6.45, 7) is -1.34. The zero-order chi connectivity index (χ0) is 39.6. The van der Waals surface area contributed by atoms with Gasteiger partial charge in [-0.1, -0.05) is 72.8 Å². The zero-order valence-electron chi connectivity index (χ0n) is 30.0. The molecule has 6 rings (SSSR count). The summed E-state index contributed by atoms with van der Waals surface area (Å²) in [5.41, 5.74) is 0.437. The maximum absolute atomic E-state index is 13.8. The predicted octanol–water partition coefficient (Wildman–Crippen LogP) is 2.72. The highest BCUT2D eigenvalue weighted by Crippen LogP contribution is 2.34. The lowest BCUT2D eigenvalue weighted by molar-refractivity contribution is -0.356. The van der Waals surface area contributed by atoms with E-state index >= 15 is 0 Å². The van der Waals surface area contributed by atoms with E-state index in [9.17, 15) is 34.5 Å². The third-order valence-corrected chi connectivity index (χ3v) is 9.08. The molecule has 2 heterocycles. The standard InChI is InChI=1S/C41H40O15/c1-49-40-31(44)33(30(43)28(22-42)51-40)56-41-35(55-39(48)27-20-12-5-13-21-27)34(54-38(47)26-18-10-4-11-19-26)32(53-37(46)25-16-8-3-9-17-25)29(52-41)23-50-36(45)24-14-6-2-7-15-24/h2-21,28-35,40-44H,22-23H2,1H3/t28-,29-,30+,31-,32-,33+,34+,35-,40-,41+/m1/s1. The monoisotopic (exact) mass is 772 g/mol. The van der Waals surface area contributed by atoms with Crippen LogP contribution in [0.5, 0.6) is 0 Å². The fourth-order valence-electron chi connectivity index (χ4n) is 6.20. The van der Waals surface area contributed by atoms with Crippen LogP contribution in [-0.2, 0) is 37.9 Å². The van der Waals surface area contributed by atoms with Gasteiger partial charge in [-0.25, -0.2) is 19.2 Å². The third-order valence-electron chi connectivity index (χ3n) is 9.08. The molecule has 10 atom stereocenters. The van der Waals surface area contributed by atoms with Crippen molar-refractivity contribution in [2.75, 3.05) is 20.3 Å². The van der Waals surface area contributed by atoms with Crippen LogP contribution >= 0.6 is 0 Å². The van der Waals surface area contributed by atoms with Gasteiger partial charge >= 0.3 is 23.9 Å². The lowest BCUT2D eigenvalue weighted by atomic mass is 9.96. The van der Waals surface area contributed by atoms with E-state index in [1.165, 1.54) is 55.6 Å². The molecule has 294 valence electrons. The molecule has 0 spiro atoms. The van der Waals surface area contributed by atoms with Crippen molar-refractivity contribution < 1.29 is 72.4 Å². The van der Waals surface area contributed by atoms with Gasteiger partial charge in [-0.15, -0.1) is 0 Å². The Morgan fingerprint density at radius 1 is 0.518 bits per heavy atom.